The van der Waals surface area contributed by atoms with Crippen LogP contribution in [0.4, 0.5) is 5.69 Å². The van der Waals surface area contributed by atoms with Crippen LogP contribution in [0.15, 0.2) is 40.6 Å². The Morgan fingerprint density at radius 1 is 1.16 bits per heavy atom. The van der Waals surface area contributed by atoms with E-state index in [1.807, 2.05) is 0 Å². The lowest BCUT2D eigenvalue weighted by Gasteiger charge is -2.15. The van der Waals surface area contributed by atoms with E-state index in [1.165, 1.54) is 17.3 Å². The lowest BCUT2D eigenvalue weighted by atomic mass is 10.1. The van der Waals surface area contributed by atoms with Gasteiger partial charge in [0.25, 0.3) is 5.91 Å². The molecule has 0 saturated carbocycles. The highest BCUT2D eigenvalue weighted by atomic mass is 32.2. The lowest BCUT2D eigenvalue weighted by Crippen LogP contribution is -2.29. The molecule has 132 valence electrons. The maximum atomic E-state index is 12.7. The smallest absolute Gasteiger partial charge is 0.267 e. The van der Waals surface area contributed by atoms with Crippen molar-refractivity contribution in [2.24, 2.45) is 0 Å². The Morgan fingerprint density at radius 3 is 2.56 bits per heavy atom. The fourth-order valence-electron chi connectivity index (χ4n) is 2.74. The van der Waals surface area contributed by atoms with Crippen LogP contribution in [-0.2, 0) is 10.0 Å². The molecule has 2 aromatic rings. The number of sulfonamides is 1. The van der Waals surface area contributed by atoms with Crippen LogP contribution in [0.2, 0.25) is 0 Å². The number of Topliss-reactive ketones (excluding diaryl/α,β-unsaturated/α-hetero) is 1. The predicted molar refractivity (Wildman–Crippen MR) is 96.7 cm³/mol. The van der Waals surface area contributed by atoms with Gasteiger partial charge in [0, 0.05) is 24.3 Å². The number of hydrogen-bond acceptors (Lipinski definition) is 5. The van der Waals surface area contributed by atoms with Gasteiger partial charge in [-0.25, -0.2) is 8.42 Å². The quantitative estimate of drug-likeness (QED) is 0.811. The number of ketones is 1. The second-order valence-corrected chi connectivity index (χ2v) is 8.64. The molecule has 1 aromatic heterocycles. The molecule has 1 amide bonds. The molecular formula is C17H18N2O4S2. The normalized spacial score (nSPS) is 15.2. The molecule has 25 heavy (non-hydrogen) atoms. The van der Waals surface area contributed by atoms with Crippen LogP contribution in [0.25, 0.3) is 0 Å². The van der Waals surface area contributed by atoms with Gasteiger partial charge in [-0.2, -0.15) is 4.31 Å². The van der Waals surface area contributed by atoms with Gasteiger partial charge in [-0.15, -0.1) is 11.3 Å². The number of amides is 1. The number of rotatable bonds is 5. The summed E-state index contributed by atoms with van der Waals surface area (Å²) in [7, 11) is -3.66. The molecule has 8 heteroatoms. The van der Waals surface area contributed by atoms with E-state index >= 15 is 0 Å². The summed E-state index contributed by atoms with van der Waals surface area (Å²) < 4.78 is 26.9. The average molecular weight is 378 g/mol. The molecule has 1 aromatic carbocycles. The highest BCUT2D eigenvalue weighted by molar-refractivity contribution is 7.89. The molecule has 0 atom stereocenters. The van der Waals surface area contributed by atoms with Crippen molar-refractivity contribution in [2.45, 2.75) is 24.7 Å². The van der Waals surface area contributed by atoms with Gasteiger partial charge < -0.3 is 5.32 Å². The number of carbonyl (C=O) groups is 2. The first kappa shape index (κ1) is 17.8. The van der Waals surface area contributed by atoms with E-state index in [1.54, 1.807) is 29.6 Å². The Morgan fingerprint density at radius 2 is 1.88 bits per heavy atom. The van der Waals surface area contributed by atoms with Gasteiger partial charge in [0.2, 0.25) is 10.0 Å². The van der Waals surface area contributed by atoms with Crippen molar-refractivity contribution in [3.63, 3.8) is 0 Å². The summed E-state index contributed by atoms with van der Waals surface area (Å²) in [6.45, 7) is 2.42. The minimum atomic E-state index is -3.66. The van der Waals surface area contributed by atoms with E-state index in [-0.39, 0.29) is 15.6 Å². The zero-order chi connectivity index (χ0) is 18.0. The van der Waals surface area contributed by atoms with Crippen LogP contribution in [0.3, 0.4) is 0 Å². The summed E-state index contributed by atoms with van der Waals surface area (Å²) in [5.41, 5.74) is 0.935. The first-order valence-electron chi connectivity index (χ1n) is 7.89. The Kier molecular flexibility index (Phi) is 5.03. The van der Waals surface area contributed by atoms with Gasteiger partial charge in [0.05, 0.1) is 0 Å². The van der Waals surface area contributed by atoms with Gasteiger partial charge in [0.1, 0.15) is 9.77 Å². The van der Waals surface area contributed by atoms with E-state index in [2.05, 4.69) is 5.32 Å². The summed E-state index contributed by atoms with van der Waals surface area (Å²) in [5.74, 6) is -0.599. The molecule has 1 aliphatic rings. The fraction of sp³-hybridized carbons (Fsp3) is 0.294. The van der Waals surface area contributed by atoms with Crippen molar-refractivity contribution in [3.8, 4) is 0 Å². The highest BCUT2D eigenvalue weighted by Gasteiger charge is 2.31. The second kappa shape index (κ2) is 7.07. The molecule has 6 nitrogen and oxygen atoms in total. The predicted octanol–water partition coefficient (Wildman–Crippen LogP) is 2.99. The first-order chi connectivity index (χ1) is 11.9. The van der Waals surface area contributed by atoms with Crippen molar-refractivity contribution in [1.82, 2.24) is 4.31 Å². The molecule has 0 unspecified atom stereocenters. The molecule has 1 aliphatic heterocycles. The van der Waals surface area contributed by atoms with Crippen molar-refractivity contribution < 1.29 is 18.0 Å². The SMILES string of the molecule is CC(=O)c1cccc(NC(=O)c2sccc2S(=O)(=O)N2CCCC2)c1. The Labute approximate surface area is 150 Å². The van der Waals surface area contributed by atoms with Gasteiger partial charge in [-0.1, -0.05) is 12.1 Å². The largest absolute Gasteiger partial charge is 0.321 e. The van der Waals surface area contributed by atoms with Crippen LogP contribution in [0, 0.1) is 0 Å². The van der Waals surface area contributed by atoms with Gasteiger partial charge >= 0.3 is 0 Å². The van der Waals surface area contributed by atoms with E-state index < -0.39 is 15.9 Å². The third-order valence-electron chi connectivity index (χ3n) is 4.05. The molecule has 1 saturated heterocycles. The van der Waals surface area contributed by atoms with Crippen molar-refractivity contribution >= 4 is 38.7 Å². The standard InChI is InChI=1S/C17H18N2O4S2/c1-12(20)13-5-4-6-14(11-13)18-17(21)16-15(7-10-24-16)25(22,23)19-8-2-3-9-19/h4-7,10-11H,2-3,8-9H2,1H3,(H,18,21). The Bertz CT molecular complexity index is 912. The molecule has 0 radical (unpaired) electrons. The number of anilines is 1. The third kappa shape index (κ3) is 3.65. The number of hydrogen-bond donors (Lipinski definition) is 1. The number of nitrogens with zero attached hydrogens (tertiary/aromatic N) is 1. The molecule has 1 N–H and O–H groups in total. The van der Waals surface area contributed by atoms with Gasteiger partial charge in [-0.05, 0) is 43.3 Å². The van der Waals surface area contributed by atoms with Crippen molar-refractivity contribution in [3.05, 3.63) is 46.2 Å². The third-order valence-corrected chi connectivity index (χ3v) is 7.03. The fourth-order valence-corrected chi connectivity index (χ4v) is 5.55. The molecule has 1 fully saturated rings. The maximum Gasteiger partial charge on any atom is 0.267 e. The maximum absolute atomic E-state index is 12.7. The summed E-state index contributed by atoms with van der Waals surface area (Å²) in [5, 5.41) is 4.28. The van der Waals surface area contributed by atoms with Crippen LogP contribution >= 0.6 is 11.3 Å². The molecule has 0 spiro atoms. The highest BCUT2D eigenvalue weighted by Crippen LogP contribution is 2.28. The van der Waals surface area contributed by atoms with Crippen molar-refractivity contribution in [1.29, 1.82) is 0 Å². The molecule has 2 heterocycles. The summed E-state index contributed by atoms with van der Waals surface area (Å²) >= 11 is 1.09. The van der Waals surface area contributed by atoms with E-state index in [4.69, 9.17) is 0 Å². The van der Waals surface area contributed by atoms with E-state index in [0.717, 1.165) is 24.2 Å². The molecular weight excluding hydrogens is 360 g/mol. The van der Waals surface area contributed by atoms with Crippen LogP contribution in [-0.4, -0.2) is 37.5 Å². The minimum absolute atomic E-state index is 0.0413. The van der Waals surface area contributed by atoms with E-state index in [9.17, 15) is 18.0 Å². The number of carbonyl (C=O) groups excluding carboxylic acids is 2. The average Bonchev–Trinajstić information content (AvgIpc) is 3.27. The van der Waals surface area contributed by atoms with Crippen molar-refractivity contribution in [2.75, 3.05) is 18.4 Å². The van der Waals surface area contributed by atoms with Gasteiger partial charge in [0.15, 0.2) is 5.78 Å². The Hall–Kier alpha value is -2.03. The lowest BCUT2D eigenvalue weighted by molar-refractivity contribution is 0.101. The summed E-state index contributed by atoms with van der Waals surface area (Å²) in [6, 6.07) is 8.03. The Balaban J connectivity index is 1.86. The zero-order valence-electron chi connectivity index (χ0n) is 13.7. The summed E-state index contributed by atoms with van der Waals surface area (Å²) in [4.78, 5) is 24.2. The molecule has 0 bridgehead atoms. The molecule has 3 rings (SSSR count). The molecule has 0 aliphatic carbocycles. The minimum Gasteiger partial charge on any atom is -0.321 e. The monoisotopic (exact) mass is 378 g/mol. The zero-order valence-corrected chi connectivity index (χ0v) is 15.3. The number of thiophene rings is 1. The van der Waals surface area contributed by atoms with Gasteiger partial charge in [-0.3, -0.25) is 9.59 Å². The number of benzene rings is 1. The van der Waals surface area contributed by atoms with Crippen LogP contribution in [0.5, 0.6) is 0 Å². The second-order valence-electron chi connectivity index (χ2n) is 5.82. The first-order valence-corrected chi connectivity index (χ1v) is 10.2. The van der Waals surface area contributed by atoms with Crippen LogP contribution < -0.4 is 5.32 Å². The summed E-state index contributed by atoms with van der Waals surface area (Å²) in [6.07, 6.45) is 1.67. The van der Waals surface area contributed by atoms with E-state index in [0.29, 0.717) is 24.3 Å². The number of nitrogens with one attached hydrogen (secondary N) is 1. The van der Waals surface area contributed by atoms with Crippen LogP contribution in [0.1, 0.15) is 39.8 Å². The topological polar surface area (TPSA) is 83.5 Å².